The van der Waals surface area contributed by atoms with E-state index in [4.69, 9.17) is 4.74 Å². The van der Waals surface area contributed by atoms with Crippen molar-refractivity contribution in [2.24, 2.45) is 0 Å². The Morgan fingerprint density at radius 2 is 2.29 bits per heavy atom. The van der Waals surface area contributed by atoms with Gasteiger partial charge in [0.2, 0.25) is 0 Å². The maximum Gasteiger partial charge on any atom is 0.305 e. The summed E-state index contributed by atoms with van der Waals surface area (Å²) in [5.41, 5.74) is 0.842. The number of hydrogen-bond acceptors (Lipinski definition) is 2. The van der Waals surface area contributed by atoms with Gasteiger partial charge in [0.05, 0.1) is 6.61 Å². The van der Waals surface area contributed by atoms with Gasteiger partial charge in [0.25, 0.3) is 0 Å². The van der Waals surface area contributed by atoms with E-state index >= 15 is 0 Å². The second-order valence-electron chi connectivity index (χ2n) is 2.95. The SMILES string of the molecule is CCC(=O)OCCc1cccc(F)c1. The Bertz CT molecular complexity index is 310. The summed E-state index contributed by atoms with van der Waals surface area (Å²) < 4.78 is 17.6. The molecule has 0 aliphatic rings. The number of rotatable bonds is 4. The van der Waals surface area contributed by atoms with Crippen molar-refractivity contribution in [2.75, 3.05) is 6.61 Å². The maximum absolute atomic E-state index is 12.7. The first kappa shape index (κ1) is 10.7. The zero-order valence-electron chi connectivity index (χ0n) is 8.13. The monoisotopic (exact) mass is 196 g/mol. The number of hydrogen-bond donors (Lipinski definition) is 0. The minimum Gasteiger partial charge on any atom is -0.465 e. The van der Waals surface area contributed by atoms with Crippen LogP contribution in [-0.2, 0) is 16.0 Å². The van der Waals surface area contributed by atoms with Crippen LogP contribution in [0, 0.1) is 5.82 Å². The van der Waals surface area contributed by atoms with Crippen molar-refractivity contribution in [1.29, 1.82) is 0 Å². The first-order valence-electron chi connectivity index (χ1n) is 4.62. The highest BCUT2D eigenvalue weighted by Crippen LogP contribution is 2.04. The van der Waals surface area contributed by atoms with Crippen LogP contribution in [0.15, 0.2) is 24.3 Å². The highest BCUT2D eigenvalue weighted by molar-refractivity contribution is 5.68. The van der Waals surface area contributed by atoms with Gasteiger partial charge >= 0.3 is 5.97 Å². The van der Waals surface area contributed by atoms with E-state index in [0.29, 0.717) is 19.4 Å². The smallest absolute Gasteiger partial charge is 0.305 e. The van der Waals surface area contributed by atoms with E-state index in [1.807, 2.05) is 6.07 Å². The molecule has 14 heavy (non-hydrogen) atoms. The summed E-state index contributed by atoms with van der Waals surface area (Å²) in [6, 6.07) is 6.29. The Balaban J connectivity index is 2.35. The van der Waals surface area contributed by atoms with Gasteiger partial charge in [0, 0.05) is 12.8 Å². The van der Waals surface area contributed by atoms with E-state index in [2.05, 4.69) is 0 Å². The summed E-state index contributed by atoms with van der Waals surface area (Å²) in [7, 11) is 0. The zero-order chi connectivity index (χ0) is 10.4. The fourth-order valence-electron chi connectivity index (χ4n) is 1.08. The Morgan fingerprint density at radius 1 is 1.50 bits per heavy atom. The van der Waals surface area contributed by atoms with Crippen molar-refractivity contribution < 1.29 is 13.9 Å². The van der Waals surface area contributed by atoms with Crippen LogP contribution in [0.25, 0.3) is 0 Å². The molecule has 0 heterocycles. The largest absolute Gasteiger partial charge is 0.465 e. The molecule has 1 aromatic rings. The van der Waals surface area contributed by atoms with Crippen LogP contribution < -0.4 is 0 Å². The first-order chi connectivity index (χ1) is 6.72. The molecule has 0 unspecified atom stereocenters. The molecule has 0 amide bonds. The molecule has 0 atom stereocenters. The van der Waals surface area contributed by atoms with Crippen molar-refractivity contribution in [3.63, 3.8) is 0 Å². The molecule has 0 aromatic heterocycles. The van der Waals surface area contributed by atoms with Gasteiger partial charge in [0.1, 0.15) is 5.82 Å². The van der Waals surface area contributed by atoms with Crippen LogP contribution in [0.3, 0.4) is 0 Å². The molecular weight excluding hydrogens is 183 g/mol. The molecule has 0 spiro atoms. The number of ether oxygens (including phenoxy) is 1. The number of esters is 1. The van der Waals surface area contributed by atoms with Crippen molar-refractivity contribution in [3.05, 3.63) is 35.6 Å². The van der Waals surface area contributed by atoms with Gasteiger partial charge in [-0.05, 0) is 17.7 Å². The molecular formula is C11H13FO2. The molecule has 0 aliphatic carbocycles. The number of benzene rings is 1. The molecule has 3 heteroatoms. The highest BCUT2D eigenvalue weighted by Gasteiger charge is 1.99. The van der Waals surface area contributed by atoms with Crippen LogP contribution in [0.5, 0.6) is 0 Å². The minimum absolute atomic E-state index is 0.221. The van der Waals surface area contributed by atoms with Gasteiger partial charge in [-0.2, -0.15) is 0 Å². The maximum atomic E-state index is 12.7. The lowest BCUT2D eigenvalue weighted by Gasteiger charge is -2.03. The Hall–Kier alpha value is -1.38. The third-order valence-corrected chi connectivity index (χ3v) is 1.83. The van der Waals surface area contributed by atoms with Crippen molar-refractivity contribution >= 4 is 5.97 Å². The van der Waals surface area contributed by atoms with Crippen molar-refractivity contribution in [1.82, 2.24) is 0 Å². The van der Waals surface area contributed by atoms with Gasteiger partial charge in [-0.1, -0.05) is 19.1 Å². The predicted octanol–water partition coefficient (Wildman–Crippen LogP) is 2.32. The zero-order valence-corrected chi connectivity index (χ0v) is 8.13. The van der Waals surface area contributed by atoms with Crippen LogP contribution in [0.4, 0.5) is 4.39 Å². The molecule has 0 radical (unpaired) electrons. The molecule has 0 bridgehead atoms. The Kier molecular flexibility index (Phi) is 4.11. The van der Waals surface area contributed by atoms with E-state index in [0.717, 1.165) is 5.56 Å². The molecule has 76 valence electrons. The van der Waals surface area contributed by atoms with Gasteiger partial charge in [0.15, 0.2) is 0 Å². The minimum atomic E-state index is -0.260. The molecule has 0 N–H and O–H groups in total. The van der Waals surface area contributed by atoms with E-state index < -0.39 is 0 Å². The second kappa shape index (κ2) is 5.37. The molecule has 0 saturated heterocycles. The van der Waals surface area contributed by atoms with E-state index in [9.17, 15) is 9.18 Å². The molecule has 0 aliphatic heterocycles. The van der Waals surface area contributed by atoms with Crippen LogP contribution in [-0.4, -0.2) is 12.6 Å². The van der Waals surface area contributed by atoms with E-state index in [1.54, 1.807) is 13.0 Å². The van der Waals surface area contributed by atoms with E-state index in [1.165, 1.54) is 12.1 Å². The lowest BCUT2D eigenvalue weighted by atomic mass is 10.2. The van der Waals surface area contributed by atoms with Crippen LogP contribution >= 0.6 is 0 Å². The average Bonchev–Trinajstić information content (AvgIpc) is 2.17. The average molecular weight is 196 g/mol. The molecule has 0 saturated carbocycles. The Morgan fingerprint density at radius 3 is 2.93 bits per heavy atom. The lowest BCUT2D eigenvalue weighted by molar-refractivity contribution is -0.143. The number of carbonyl (C=O) groups is 1. The highest BCUT2D eigenvalue weighted by atomic mass is 19.1. The second-order valence-corrected chi connectivity index (χ2v) is 2.95. The Labute approximate surface area is 82.7 Å². The normalized spacial score (nSPS) is 9.86. The quantitative estimate of drug-likeness (QED) is 0.691. The van der Waals surface area contributed by atoms with Gasteiger partial charge in [-0.15, -0.1) is 0 Å². The molecule has 0 fully saturated rings. The molecule has 2 nitrogen and oxygen atoms in total. The fourth-order valence-corrected chi connectivity index (χ4v) is 1.08. The van der Waals surface area contributed by atoms with E-state index in [-0.39, 0.29) is 11.8 Å². The third kappa shape index (κ3) is 3.56. The molecule has 1 rings (SSSR count). The third-order valence-electron chi connectivity index (χ3n) is 1.83. The van der Waals surface area contributed by atoms with Crippen molar-refractivity contribution in [3.8, 4) is 0 Å². The fraction of sp³-hybridized carbons (Fsp3) is 0.364. The summed E-state index contributed by atoms with van der Waals surface area (Å²) in [5, 5.41) is 0. The van der Waals surface area contributed by atoms with Crippen LogP contribution in [0.2, 0.25) is 0 Å². The van der Waals surface area contributed by atoms with Gasteiger partial charge in [-0.3, -0.25) is 4.79 Å². The predicted molar refractivity (Wildman–Crippen MR) is 51.4 cm³/mol. The van der Waals surface area contributed by atoms with Gasteiger partial charge < -0.3 is 4.74 Å². The summed E-state index contributed by atoms with van der Waals surface area (Å²) in [5.74, 6) is -0.481. The number of carbonyl (C=O) groups excluding carboxylic acids is 1. The topological polar surface area (TPSA) is 26.3 Å². The van der Waals surface area contributed by atoms with Crippen molar-refractivity contribution in [2.45, 2.75) is 19.8 Å². The lowest BCUT2D eigenvalue weighted by Crippen LogP contribution is -2.06. The van der Waals surface area contributed by atoms with Gasteiger partial charge in [-0.25, -0.2) is 4.39 Å². The first-order valence-corrected chi connectivity index (χ1v) is 4.62. The summed E-state index contributed by atoms with van der Waals surface area (Å²) in [6.45, 7) is 2.06. The summed E-state index contributed by atoms with van der Waals surface area (Å²) in [4.78, 5) is 10.8. The summed E-state index contributed by atoms with van der Waals surface area (Å²) in [6.07, 6.45) is 0.937. The molecule has 1 aromatic carbocycles. The van der Waals surface area contributed by atoms with Crippen LogP contribution in [0.1, 0.15) is 18.9 Å². The standard InChI is InChI=1S/C11H13FO2/c1-2-11(13)14-7-6-9-4-3-5-10(12)8-9/h3-5,8H,2,6-7H2,1H3. The summed E-state index contributed by atoms with van der Waals surface area (Å²) >= 11 is 0. The number of halogens is 1.